The van der Waals surface area contributed by atoms with Gasteiger partial charge in [0.25, 0.3) is 0 Å². The van der Waals surface area contributed by atoms with E-state index in [4.69, 9.17) is 0 Å². The minimum absolute atomic E-state index is 0.0147. The molecular weight excluding hydrogens is 310 g/mol. The van der Waals surface area contributed by atoms with Gasteiger partial charge in [0.2, 0.25) is 10.0 Å². The Morgan fingerprint density at radius 1 is 0.913 bits per heavy atom. The van der Waals surface area contributed by atoms with E-state index in [1.807, 2.05) is 54.7 Å². The van der Waals surface area contributed by atoms with Crippen molar-refractivity contribution < 1.29 is 8.42 Å². The van der Waals surface area contributed by atoms with E-state index in [-0.39, 0.29) is 12.3 Å². The molecule has 0 bridgehead atoms. The molecule has 6 heteroatoms. The van der Waals surface area contributed by atoms with E-state index < -0.39 is 10.0 Å². The van der Waals surface area contributed by atoms with Gasteiger partial charge in [-0.25, -0.2) is 17.8 Å². The lowest BCUT2D eigenvalue weighted by molar-refractivity contribution is 0.580. The van der Waals surface area contributed by atoms with E-state index in [9.17, 15) is 8.42 Å². The second-order valence-electron chi connectivity index (χ2n) is 5.18. The van der Waals surface area contributed by atoms with Crippen LogP contribution in [0.5, 0.6) is 0 Å². The van der Waals surface area contributed by atoms with Gasteiger partial charge in [0.05, 0.1) is 11.4 Å². The second-order valence-corrected chi connectivity index (χ2v) is 6.99. The van der Waals surface area contributed by atoms with E-state index >= 15 is 0 Å². The molecule has 3 rings (SSSR count). The number of benzene rings is 2. The summed E-state index contributed by atoms with van der Waals surface area (Å²) in [5.74, 6) is -0.0147. The topological polar surface area (TPSA) is 64.0 Å². The van der Waals surface area contributed by atoms with Crippen LogP contribution in [0.4, 0.5) is 0 Å². The van der Waals surface area contributed by atoms with E-state index in [1.165, 1.54) is 0 Å². The Morgan fingerprint density at radius 3 is 2.30 bits per heavy atom. The van der Waals surface area contributed by atoms with Crippen molar-refractivity contribution in [1.82, 2.24) is 14.5 Å². The van der Waals surface area contributed by atoms with Gasteiger partial charge >= 0.3 is 0 Å². The fourth-order valence-electron chi connectivity index (χ4n) is 2.23. The number of hydrogen-bond donors (Lipinski definition) is 1. The molecule has 0 fully saturated rings. The number of nitrogens with zero attached hydrogens (tertiary/aromatic N) is 2. The molecule has 0 atom stereocenters. The Morgan fingerprint density at radius 2 is 1.65 bits per heavy atom. The molecule has 0 spiro atoms. The van der Waals surface area contributed by atoms with Gasteiger partial charge in [0.15, 0.2) is 0 Å². The first-order valence-corrected chi connectivity index (χ1v) is 8.88. The normalized spacial score (nSPS) is 11.5. The van der Waals surface area contributed by atoms with Gasteiger partial charge in [-0.15, -0.1) is 0 Å². The molecule has 5 nitrogen and oxygen atoms in total. The molecule has 1 N–H and O–H groups in total. The highest BCUT2D eigenvalue weighted by Gasteiger charge is 2.11. The smallest absolute Gasteiger partial charge is 0.216 e. The summed E-state index contributed by atoms with van der Waals surface area (Å²) in [5, 5.41) is 4.15. The van der Waals surface area contributed by atoms with Crippen molar-refractivity contribution in [3.05, 3.63) is 84.2 Å². The molecular formula is C17H17N3O2S. The highest BCUT2D eigenvalue weighted by molar-refractivity contribution is 7.88. The number of aromatic nitrogens is 2. The minimum atomic E-state index is -3.35. The fraction of sp³-hybridized carbons (Fsp3) is 0.118. The summed E-state index contributed by atoms with van der Waals surface area (Å²) in [6, 6.07) is 18.6. The monoisotopic (exact) mass is 327 g/mol. The molecule has 0 unspecified atom stereocenters. The third-order valence-electron chi connectivity index (χ3n) is 3.40. The first-order chi connectivity index (χ1) is 11.1. The van der Waals surface area contributed by atoms with Gasteiger partial charge < -0.3 is 0 Å². The van der Waals surface area contributed by atoms with Crippen LogP contribution in [0.2, 0.25) is 0 Å². The lowest BCUT2D eigenvalue weighted by Gasteiger charge is -2.08. The standard InChI is InChI=1S/C17H17N3O2S/c21-23(22,14-16-5-2-1-3-6-16)19-13-15-7-9-17(10-8-15)20-12-4-11-18-20/h1-12,19H,13-14H2. The van der Waals surface area contributed by atoms with Crippen LogP contribution in [0.15, 0.2) is 73.1 Å². The Labute approximate surface area is 135 Å². The molecule has 0 saturated heterocycles. The van der Waals surface area contributed by atoms with Crippen LogP contribution in [-0.4, -0.2) is 18.2 Å². The SMILES string of the molecule is O=S(=O)(Cc1ccccc1)NCc1ccc(-n2cccn2)cc1. The summed E-state index contributed by atoms with van der Waals surface area (Å²) in [4.78, 5) is 0. The molecule has 1 heterocycles. The number of rotatable bonds is 6. The maximum absolute atomic E-state index is 12.1. The van der Waals surface area contributed by atoms with Gasteiger partial charge in [0, 0.05) is 18.9 Å². The largest absolute Gasteiger partial charge is 0.241 e. The Bertz CT molecular complexity index is 843. The summed E-state index contributed by atoms with van der Waals surface area (Å²) in [5.41, 5.74) is 2.61. The van der Waals surface area contributed by atoms with Crippen LogP contribution in [0.25, 0.3) is 5.69 Å². The third kappa shape index (κ3) is 4.28. The maximum Gasteiger partial charge on any atom is 0.216 e. The Balaban J connectivity index is 1.61. The third-order valence-corrected chi connectivity index (χ3v) is 4.70. The quantitative estimate of drug-likeness (QED) is 0.756. The van der Waals surface area contributed by atoms with Crippen molar-refractivity contribution >= 4 is 10.0 Å². The van der Waals surface area contributed by atoms with Gasteiger partial charge in [-0.3, -0.25) is 0 Å². The van der Waals surface area contributed by atoms with Crippen molar-refractivity contribution in [2.24, 2.45) is 0 Å². The van der Waals surface area contributed by atoms with Gasteiger partial charge in [-0.2, -0.15) is 5.10 Å². The maximum atomic E-state index is 12.1. The Hall–Kier alpha value is -2.44. The zero-order valence-corrected chi connectivity index (χ0v) is 13.3. The summed E-state index contributed by atoms with van der Waals surface area (Å²) in [6.45, 7) is 0.272. The zero-order chi connectivity index (χ0) is 16.1. The molecule has 0 aliphatic rings. The van der Waals surface area contributed by atoms with E-state index in [0.29, 0.717) is 0 Å². The van der Waals surface area contributed by atoms with E-state index in [1.54, 1.807) is 23.0 Å². The van der Waals surface area contributed by atoms with Crippen molar-refractivity contribution in [3.8, 4) is 5.69 Å². The zero-order valence-electron chi connectivity index (χ0n) is 12.5. The highest BCUT2D eigenvalue weighted by atomic mass is 32.2. The molecule has 0 aliphatic heterocycles. The first kappa shape index (κ1) is 15.5. The van der Waals surface area contributed by atoms with E-state index in [0.717, 1.165) is 16.8 Å². The average molecular weight is 327 g/mol. The summed E-state index contributed by atoms with van der Waals surface area (Å²) in [7, 11) is -3.35. The molecule has 0 aliphatic carbocycles. The van der Waals surface area contributed by atoms with Crippen LogP contribution >= 0.6 is 0 Å². The van der Waals surface area contributed by atoms with Gasteiger partial charge in [-0.05, 0) is 29.3 Å². The minimum Gasteiger partial charge on any atom is -0.241 e. The first-order valence-electron chi connectivity index (χ1n) is 7.23. The summed E-state index contributed by atoms with van der Waals surface area (Å²) in [6.07, 6.45) is 3.57. The molecule has 3 aromatic rings. The average Bonchev–Trinajstić information content (AvgIpc) is 3.09. The van der Waals surface area contributed by atoms with Crippen LogP contribution in [-0.2, 0) is 22.3 Å². The molecule has 0 radical (unpaired) electrons. The van der Waals surface area contributed by atoms with Crippen LogP contribution < -0.4 is 4.72 Å². The molecule has 118 valence electrons. The van der Waals surface area contributed by atoms with Crippen LogP contribution in [0.3, 0.4) is 0 Å². The molecule has 0 amide bonds. The van der Waals surface area contributed by atoms with Crippen LogP contribution in [0.1, 0.15) is 11.1 Å². The Kier molecular flexibility index (Phi) is 4.55. The lowest BCUT2D eigenvalue weighted by Crippen LogP contribution is -2.24. The highest BCUT2D eigenvalue weighted by Crippen LogP contribution is 2.10. The van der Waals surface area contributed by atoms with Gasteiger partial charge in [0.1, 0.15) is 0 Å². The van der Waals surface area contributed by atoms with Crippen molar-refractivity contribution in [3.63, 3.8) is 0 Å². The van der Waals surface area contributed by atoms with E-state index in [2.05, 4.69) is 9.82 Å². The molecule has 0 saturated carbocycles. The molecule has 2 aromatic carbocycles. The number of hydrogen-bond acceptors (Lipinski definition) is 3. The molecule has 23 heavy (non-hydrogen) atoms. The summed E-state index contributed by atoms with van der Waals surface area (Å²) >= 11 is 0. The molecule has 1 aromatic heterocycles. The lowest BCUT2D eigenvalue weighted by atomic mass is 10.2. The number of sulfonamides is 1. The predicted octanol–water partition coefficient (Wildman–Crippen LogP) is 2.49. The van der Waals surface area contributed by atoms with Crippen molar-refractivity contribution in [2.45, 2.75) is 12.3 Å². The predicted molar refractivity (Wildman–Crippen MR) is 89.5 cm³/mol. The fourth-order valence-corrected chi connectivity index (χ4v) is 3.35. The number of nitrogens with one attached hydrogen (secondary N) is 1. The summed E-state index contributed by atoms with van der Waals surface area (Å²) < 4.78 is 28.6. The van der Waals surface area contributed by atoms with Crippen molar-refractivity contribution in [2.75, 3.05) is 0 Å². The van der Waals surface area contributed by atoms with Gasteiger partial charge in [-0.1, -0.05) is 42.5 Å². The van der Waals surface area contributed by atoms with Crippen molar-refractivity contribution in [1.29, 1.82) is 0 Å². The second kappa shape index (κ2) is 6.76. The van der Waals surface area contributed by atoms with Crippen LogP contribution in [0, 0.1) is 0 Å².